The second-order valence-electron chi connectivity index (χ2n) is 4.85. The first-order chi connectivity index (χ1) is 10.1. The van der Waals surface area contributed by atoms with E-state index >= 15 is 0 Å². The Balaban J connectivity index is 1.97. The van der Waals surface area contributed by atoms with Gasteiger partial charge >= 0.3 is 5.97 Å². The summed E-state index contributed by atoms with van der Waals surface area (Å²) in [7, 11) is 0. The lowest BCUT2D eigenvalue weighted by atomic mass is 10.1. The van der Waals surface area contributed by atoms with Gasteiger partial charge < -0.3 is 9.47 Å². The molecule has 0 spiro atoms. The Hall–Kier alpha value is -2.26. The highest BCUT2D eigenvalue weighted by Crippen LogP contribution is 2.36. The van der Waals surface area contributed by atoms with Crippen LogP contribution >= 0.6 is 11.6 Å². The third-order valence-corrected chi connectivity index (χ3v) is 3.53. The normalized spacial score (nSPS) is 21.2. The lowest BCUT2D eigenvalue weighted by Crippen LogP contribution is -2.34. The minimum Gasteiger partial charge on any atom is -0.447 e. The van der Waals surface area contributed by atoms with Crippen LogP contribution in [0.25, 0.3) is 5.76 Å². The number of carbonyl (C=O) groups excluding carboxylic acids is 1. The Kier molecular flexibility index (Phi) is 3.43. The van der Waals surface area contributed by atoms with Gasteiger partial charge in [0.2, 0.25) is 0 Å². The number of ether oxygens (including phenoxy) is 2. The molecule has 3 nitrogen and oxygen atoms in total. The number of carbonyl (C=O) groups is 1. The zero-order valence-corrected chi connectivity index (χ0v) is 12.1. The van der Waals surface area contributed by atoms with Crippen LogP contribution in [-0.4, -0.2) is 5.97 Å². The molecule has 1 aliphatic heterocycles. The van der Waals surface area contributed by atoms with Crippen LogP contribution in [0, 0.1) is 0 Å². The van der Waals surface area contributed by atoms with E-state index in [1.807, 2.05) is 30.3 Å². The quantitative estimate of drug-likeness (QED) is 0.782. The second-order valence-corrected chi connectivity index (χ2v) is 5.29. The summed E-state index contributed by atoms with van der Waals surface area (Å²) in [5.74, 6) is -1.10. The highest BCUT2D eigenvalue weighted by molar-refractivity contribution is 6.30. The lowest BCUT2D eigenvalue weighted by molar-refractivity contribution is -0.206. The molecular weight excluding hydrogens is 288 g/mol. The number of hydrogen-bond donors (Lipinski definition) is 0. The summed E-state index contributed by atoms with van der Waals surface area (Å²) in [6.07, 6.45) is 1.34. The van der Waals surface area contributed by atoms with Crippen molar-refractivity contribution in [3.63, 3.8) is 0 Å². The van der Waals surface area contributed by atoms with Gasteiger partial charge in [-0.3, -0.25) is 0 Å². The molecule has 0 amide bonds. The standard InChI is InChI=1S/C17H13ClO3/c1-17(13-5-3-2-4-6-13)20-15(11-16(19)21-17)12-7-9-14(18)10-8-12/h2-11H,1H3. The highest BCUT2D eigenvalue weighted by Gasteiger charge is 2.37. The van der Waals surface area contributed by atoms with Crippen molar-refractivity contribution in [3.8, 4) is 0 Å². The third-order valence-electron chi connectivity index (χ3n) is 3.28. The van der Waals surface area contributed by atoms with Crippen LogP contribution in [-0.2, 0) is 20.1 Å². The van der Waals surface area contributed by atoms with Crippen LogP contribution in [0.15, 0.2) is 60.7 Å². The molecule has 0 aromatic heterocycles. The minimum absolute atomic E-state index is 0.433. The van der Waals surface area contributed by atoms with Gasteiger partial charge in [-0.15, -0.1) is 0 Å². The fraction of sp³-hybridized carbons (Fsp3) is 0.118. The lowest BCUT2D eigenvalue weighted by Gasteiger charge is -2.34. The molecule has 0 bridgehead atoms. The summed E-state index contributed by atoms with van der Waals surface area (Å²) >= 11 is 5.88. The first-order valence-corrected chi connectivity index (χ1v) is 6.90. The number of esters is 1. The van der Waals surface area contributed by atoms with Crippen molar-refractivity contribution in [2.75, 3.05) is 0 Å². The Labute approximate surface area is 127 Å². The van der Waals surface area contributed by atoms with Gasteiger partial charge in [-0.2, -0.15) is 0 Å². The van der Waals surface area contributed by atoms with Gasteiger partial charge in [0.05, 0.1) is 6.08 Å². The molecule has 0 N–H and O–H groups in total. The fourth-order valence-electron chi connectivity index (χ4n) is 2.20. The fourth-order valence-corrected chi connectivity index (χ4v) is 2.33. The van der Waals surface area contributed by atoms with Crippen LogP contribution in [0.5, 0.6) is 0 Å². The van der Waals surface area contributed by atoms with Gasteiger partial charge in [0.25, 0.3) is 5.79 Å². The zero-order chi connectivity index (χ0) is 14.9. The first-order valence-electron chi connectivity index (χ1n) is 6.52. The van der Waals surface area contributed by atoms with Crippen LogP contribution < -0.4 is 0 Å². The van der Waals surface area contributed by atoms with E-state index < -0.39 is 11.8 Å². The summed E-state index contributed by atoms with van der Waals surface area (Å²) in [4.78, 5) is 11.9. The maximum atomic E-state index is 11.9. The van der Waals surface area contributed by atoms with Crippen molar-refractivity contribution in [3.05, 3.63) is 76.8 Å². The molecule has 4 heteroatoms. The van der Waals surface area contributed by atoms with Crippen LogP contribution in [0.2, 0.25) is 5.02 Å². The molecule has 2 aromatic rings. The van der Waals surface area contributed by atoms with Gasteiger partial charge in [0.15, 0.2) is 0 Å². The first kappa shape index (κ1) is 13.7. The Morgan fingerprint density at radius 2 is 1.62 bits per heavy atom. The van der Waals surface area contributed by atoms with Gasteiger partial charge in [-0.05, 0) is 24.3 Å². The number of rotatable bonds is 2. The van der Waals surface area contributed by atoms with Crippen molar-refractivity contribution in [2.24, 2.45) is 0 Å². The molecule has 2 aromatic carbocycles. The predicted molar refractivity (Wildman–Crippen MR) is 80.4 cm³/mol. The van der Waals surface area contributed by atoms with E-state index in [0.717, 1.165) is 11.1 Å². The molecule has 1 unspecified atom stereocenters. The topological polar surface area (TPSA) is 35.5 Å². The van der Waals surface area contributed by atoms with E-state index in [-0.39, 0.29) is 0 Å². The van der Waals surface area contributed by atoms with Gasteiger partial charge in [0, 0.05) is 23.1 Å². The maximum Gasteiger partial charge on any atom is 0.338 e. The number of halogens is 1. The predicted octanol–water partition coefficient (Wildman–Crippen LogP) is 4.13. The Morgan fingerprint density at radius 3 is 2.29 bits per heavy atom. The zero-order valence-electron chi connectivity index (χ0n) is 11.4. The van der Waals surface area contributed by atoms with Gasteiger partial charge in [-0.25, -0.2) is 4.79 Å². The monoisotopic (exact) mass is 300 g/mol. The van der Waals surface area contributed by atoms with E-state index in [9.17, 15) is 4.79 Å². The molecule has 1 heterocycles. The van der Waals surface area contributed by atoms with Crippen molar-refractivity contribution >= 4 is 23.3 Å². The molecule has 21 heavy (non-hydrogen) atoms. The molecule has 0 fully saturated rings. The Bertz CT molecular complexity index is 692. The van der Waals surface area contributed by atoms with Crippen LogP contribution in [0.3, 0.4) is 0 Å². The maximum absolute atomic E-state index is 11.9. The third kappa shape index (κ3) is 2.78. The highest BCUT2D eigenvalue weighted by atomic mass is 35.5. The largest absolute Gasteiger partial charge is 0.447 e. The van der Waals surface area contributed by atoms with E-state index in [4.69, 9.17) is 21.1 Å². The SMILES string of the molecule is CC1(c2ccccc2)OC(=O)C=C(c2ccc(Cl)cc2)O1. The summed E-state index contributed by atoms with van der Waals surface area (Å²) in [5.41, 5.74) is 1.55. The molecule has 0 radical (unpaired) electrons. The van der Waals surface area contributed by atoms with Crippen molar-refractivity contribution in [2.45, 2.75) is 12.7 Å². The van der Waals surface area contributed by atoms with Crippen molar-refractivity contribution in [1.82, 2.24) is 0 Å². The van der Waals surface area contributed by atoms with Gasteiger partial charge in [-0.1, -0.05) is 41.9 Å². The summed E-state index contributed by atoms with van der Waals surface area (Å²) in [6.45, 7) is 1.73. The number of hydrogen-bond acceptors (Lipinski definition) is 3. The number of cyclic esters (lactones) is 1. The molecule has 0 saturated heterocycles. The molecule has 1 aliphatic rings. The van der Waals surface area contributed by atoms with Crippen LogP contribution in [0.4, 0.5) is 0 Å². The molecule has 106 valence electrons. The summed E-state index contributed by atoms with van der Waals surface area (Å²) < 4.78 is 11.3. The molecule has 0 saturated carbocycles. The van der Waals surface area contributed by atoms with Crippen molar-refractivity contribution in [1.29, 1.82) is 0 Å². The smallest absolute Gasteiger partial charge is 0.338 e. The number of benzene rings is 2. The van der Waals surface area contributed by atoms with E-state index in [0.29, 0.717) is 10.8 Å². The van der Waals surface area contributed by atoms with Crippen molar-refractivity contribution < 1.29 is 14.3 Å². The molecule has 3 rings (SSSR count). The average Bonchev–Trinajstić information content (AvgIpc) is 2.48. The molecular formula is C17H13ClO3. The van der Waals surface area contributed by atoms with Crippen LogP contribution in [0.1, 0.15) is 18.1 Å². The summed E-state index contributed by atoms with van der Waals surface area (Å²) in [5, 5.41) is 0.628. The second kappa shape index (κ2) is 5.26. The van der Waals surface area contributed by atoms with E-state index in [2.05, 4.69) is 0 Å². The summed E-state index contributed by atoms with van der Waals surface area (Å²) in [6, 6.07) is 16.5. The molecule has 0 aliphatic carbocycles. The molecule has 1 atom stereocenters. The Morgan fingerprint density at radius 1 is 0.952 bits per heavy atom. The minimum atomic E-state index is -1.14. The average molecular weight is 301 g/mol. The van der Waals surface area contributed by atoms with E-state index in [1.165, 1.54) is 6.08 Å². The van der Waals surface area contributed by atoms with E-state index in [1.54, 1.807) is 31.2 Å². The van der Waals surface area contributed by atoms with Gasteiger partial charge in [0.1, 0.15) is 5.76 Å².